The Hall–Kier alpha value is -1.09. The van der Waals surface area contributed by atoms with Crippen LogP contribution < -0.4 is 0 Å². The van der Waals surface area contributed by atoms with E-state index in [1.807, 2.05) is 6.20 Å². The molecule has 1 N–H and O–H groups in total. The second-order valence-electron chi connectivity index (χ2n) is 6.78. The van der Waals surface area contributed by atoms with Crippen LogP contribution in [0.4, 0.5) is 0 Å². The van der Waals surface area contributed by atoms with Crippen LogP contribution >= 0.6 is 11.6 Å². The van der Waals surface area contributed by atoms with Gasteiger partial charge >= 0.3 is 0 Å². The first kappa shape index (κ1) is 13.3. The van der Waals surface area contributed by atoms with Crippen molar-refractivity contribution in [1.29, 1.82) is 0 Å². The molecule has 0 saturated heterocycles. The second kappa shape index (κ2) is 3.95. The smallest absolute Gasteiger partial charge is 0.0883 e. The van der Waals surface area contributed by atoms with Crippen LogP contribution in [0, 0.1) is 0 Å². The number of hydrogen-bond donors (Lipinski definition) is 1. The third-order valence-corrected chi connectivity index (χ3v) is 3.34. The number of H-pyrrole nitrogens is 1. The van der Waals surface area contributed by atoms with Crippen molar-refractivity contribution in [3.8, 4) is 0 Å². The number of fused-ring (bicyclic) bond motifs is 1. The van der Waals surface area contributed by atoms with Gasteiger partial charge in [-0.1, -0.05) is 53.1 Å². The minimum atomic E-state index is -0.0712. The molecule has 0 spiro atoms. The summed E-state index contributed by atoms with van der Waals surface area (Å²) in [7, 11) is 0. The van der Waals surface area contributed by atoms with E-state index >= 15 is 0 Å². The van der Waals surface area contributed by atoms with Gasteiger partial charge in [-0.05, 0) is 0 Å². The maximum Gasteiger partial charge on any atom is 0.0883 e. The van der Waals surface area contributed by atoms with E-state index in [0.717, 1.165) is 22.3 Å². The Morgan fingerprint density at radius 2 is 1.56 bits per heavy atom. The fourth-order valence-corrected chi connectivity index (χ4v) is 2.52. The Morgan fingerprint density at radius 1 is 1.00 bits per heavy atom. The zero-order valence-corrected chi connectivity index (χ0v) is 12.6. The lowest BCUT2D eigenvalue weighted by atomic mass is 9.88. The number of nitrogens with one attached hydrogen (secondary N) is 1. The lowest BCUT2D eigenvalue weighted by molar-refractivity contribution is 0.568. The fourth-order valence-electron chi connectivity index (χ4n) is 2.04. The van der Waals surface area contributed by atoms with Crippen molar-refractivity contribution < 1.29 is 0 Å². The molecule has 2 aromatic rings. The van der Waals surface area contributed by atoms with Crippen LogP contribution in [-0.4, -0.2) is 15.2 Å². The predicted molar refractivity (Wildman–Crippen MR) is 76.3 cm³/mol. The van der Waals surface area contributed by atoms with Gasteiger partial charge < -0.3 is 0 Å². The van der Waals surface area contributed by atoms with E-state index in [1.165, 1.54) is 0 Å². The Bertz CT molecular complexity index is 585. The van der Waals surface area contributed by atoms with Gasteiger partial charge in [0.2, 0.25) is 0 Å². The van der Waals surface area contributed by atoms with Crippen molar-refractivity contribution in [2.75, 3.05) is 0 Å². The van der Waals surface area contributed by atoms with Crippen molar-refractivity contribution in [2.45, 2.75) is 52.4 Å². The van der Waals surface area contributed by atoms with Crippen molar-refractivity contribution in [2.24, 2.45) is 0 Å². The lowest BCUT2D eigenvalue weighted by Gasteiger charge is -2.20. The zero-order valence-electron chi connectivity index (χ0n) is 11.8. The van der Waals surface area contributed by atoms with Gasteiger partial charge in [0.15, 0.2) is 0 Å². The van der Waals surface area contributed by atoms with E-state index in [4.69, 9.17) is 11.6 Å². The van der Waals surface area contributed by atoms with Crippen LogP contribution in [0.5, 0.6) is 0 Å². The largest absolute Gasteiger partial charge is 0.276 e. The molecule has 0 unspecified atom stereocenters. The molecule has 2 rings (SSSR count). The molecule has 0 bridgehead atoms. The van der Waals surface area contributed by atoms with Gasteiger partial charge in [-0.3, -0.25) is 10.1 Å². The Balaban J connectivity index is 2.73. The van der Waals surface area contributed by atoms with Crippen LogP contribution in [0.3, 0.4) is 0 Å². The predicted octanol–water partition coefficient (Wildman–Crippen LogP) is 4.21. The maximum atomic E-state index is 6.46. The quantitative estimate of drug-likeness (QED) is 0.775. The number of halogens is 1. The molecule has 0 radical (unpaired) electrons. The molecule has 0 saturated carbocycles. The molecule has 4 heteroatoms. The first-order chi connectivity index (χ1) is 8.12. The second-order valence-corrected chi connectivity index (χ2v) is 7.16. The van der Waals surface area contributed by atoms with Gasteiger partial charge in [0.25, 0.3) is 0 Å². The molecule has 0 aliphatic carbocycles. The van der Waals surface area contributed by atoms with E-state index in [1.54, 1.807) is 0 Å². The normalized spacial score (nSPS) is 13.3. The molecule has 2 aromatic heterocycles. The lowest BCUT2D eigenvalue weighted by Crippen LogP contribution is -2.15. The highest BCUT2D eigenvalue weighted by molar-refractivity contribution is 6.35. The molecule has 18 heavy (non-hydrogen) atoms. The Kier molecular flexibility index (Phi) is 2.93. The highest BCUT2D eigenvalue weighted by atomic mass is 35.5. The number of rotatable bonds is 0. The van der Waals surface area contributed by atoms with Crippen LogP contribution in [0.15, 0.2) is 6.20 Å². The molecule has 0 aliphatic rings. The van der Waals surface area contributed by atoms with Crippen LogP contribution in [0.1, 0.15) is 52.9 Å². The highest BCUT2D eigenvalue weighted by Gasteiger charge is 2.25. The molecule has 0 aliphatic heterocycles. The number of pyridine rings is 1. The van der Waals surface area contributed by atoms with Crippen molar-refractivity contribution >= 4 is 22.5 Å². The summed E-state index contributed by atoms with van der Waals surface area (Å²) in [6.07, 6.45) is 1.88. The van der Waals surface area contributed by atoms with Crippen LogP contribution in [0.25, 0.3) is 10.9 Å². The van der Waals surface area contributed by atoms with Gasteiger partial charge in [0.05, 0.1) is 21.9 Å². The third kappa shape index (κ3) is 2.12. The molecule has 0 fully saturated rings. The monoisotopic (exact) mass is 265 g/mol. The minimum Gasteiger partial charge on any atom is -0.276 e. The number of aromatic nitrogens is 3. The minimum absolute atomic E-state index is 0.0213. The Morgan fingerprint density at radius 3 is 2.06 bits per heavy atom. The van der Waals surface area contributed by atoms with Gasteiger partial charge in [-0.25, -0.2) is 0 Å². The highest BCUT2D eigenvalue weighted by Crippen LogP contribution is 2.35. The first-order valence-corrected chi connectivity index (χ1v) is 6.53. The van der Waals surface area contributed by atoms with Crippen molar-refractivity contribution in [3.05, 3.63) is 22.6 Å². The average Bonchev–Trinajstić information content (AvgIpc) is 2.59. The molecule has 3 nitrogen and oxygen atoms in total. The summed E-state index contributed by atoms with van der Waals surface area (Å²) in [5, 5.41) is 9.15. The maximum absolute atomic E-state index is 6.46. The first-order valence-electron chi connectivity index (χ1n) is 6.16. The zero-order chi connectivity index (χ0) is 13.7. The van der Waals surface area contributed by atoms with Gasteiger partial charge in [-0.2, -0.15) is 5.10 Å². The SMILES string of the molecule is CC(C)(C)c1ncc2c(C(C)(C)C)n[nH]c2c1Cl. The summed E-state index contributed by atoms with van der Waals surface area (Å²) < 4.78 is 0. The summed E-state index contributed by atoms with van der Waals surface area (Å²) >= 11 is 6.46. The van der Waals surface area contributed by atoms with E-state index < -0.39 is 0 Å². The van der Waals surface area contributed by atoms with Crippen molar-refractivity contribution in [3.63, 3.8) is 0 Å². The van der Waals surface area contributed by atoms with Crippen LogP contribution in [0.2, 0.25) is 5.02 Å². The third-order valence-electron chi connectivity index (χ3n) is 2.97. The standard InChI is InChI=1S/C14H20ClN3/c1-13(2,3)11-8-7-16-12(14(4,5)6)9(15)10(8)17-18-11/h7H,1-6H3,(H,17,18). The van der Waals surface area contributed by atoms with Gasteiger partial charge in [-0.15, -0.1) is 0 Å². The topological polar surface area (TPSA) is 41.6 Å². The molecule has 0 aromatic carbocycles. The molecule has 98 valence electrons. The molecule has 0 amide bonds. The van der Waals surface area contributed by atoms with Gasteiger partial charge in [0.1, 0.15) is 0 Å². The summed E-state index contributed by atoms with van der Waals surface area (Å²) in [4.78, 5) is 4.53. The number of aromatic amines is 1. The summed E-state index contributed by atoms with van der Waals surface area (Å²) in [5.41, 5.74) is 2.71. The van der Waals surface area contributed by atoms with E-state index in [0.29, 0.717) is 5.02 Å². The van der Waals surface area contributed by atoms with Crippen LogP contribution in [-0.2, 0) is 10.8 Å². The number of hydrogen-bond acceptors (Lipinski definition) is 2. The van der Waals surface area contributed by atoms with E-state index in [-0.39, 0.29) is 10.8 Å². The van der Waals surface area contributed by atoms with Crippen molar-refractivity contribution in [1.82, 2.24) is 15.2 Å². The molecule has 2 heterocycles. The molecular weight excluding hydrogens is 246 g/mol. The van der Waals surface area contributed by atoms with Gasteiger partial charge in [0, 0.05) is 22.4 Å². The molecular formula is C14H20ClN3. The van der Waals surface area contributed by atoms with E-state index in [9.17, 15) is 0 Å². The van der Waals surface area contributed by atoms with E-state index in [2.05, 4.69) is 56.7 Å². The average molecular weight is 266 g/mol. The summed E-state index contributed by atoms with van der Waals surface area (Å²) in [6, 6.07) is 0. The summed E-state index contributed by atoms with van der Waals surface area (Å²) in [6.45, 7) is 12.7. The number of nitrogens with zero attached hydrogens (tertiary/aromatic N) is 2. The summed E-state index contributed by atoms with van der Waals surface area (Å²) in [5.74, 6) is 0. The Labute approximate surface area is 113 Å². The fraction of sp³-hybridized carbons (Fsp3) is 0.571. The molecule has 0 atom stereocenters.